The minimum atomic E-state index is -5.12. The van der Waals surface area contributed by atoms with Crippen LogP contribution in [0.1, 0.15) is 42.7 Å². The third-order valence-electron chi connectivity index (χ3n) is 6.04. The highest BCUT2D eigenvalue weighted by Gasteiger charge is 2.62. The molecule has 0 saturated carbocycles. The molecule has 1 N–H and O–H groups in total. The Labute approximate surface area is 206 Å². The second kappa shape index (κ2) is 8.56. The molecule has 2 aliphatic rings. The first kappa shape index (κ1) is 26.6. The first-order chi connectivity index (χ1) is 16.4. The lowest BCUT2D eigenvalue weighted by molar-refractivity contribution is -0.276. The van der Waals surface area contributed by atoms with Gasteiger partial charge in [0.2, 0.25) is 0 Å². The van der Waals surface area contributed by atoms with Gasteiger partial charge in [-0.3, -0.25) is 9.88 Å². The molecule has 1 aromatic carbocycles. The van der Waals surface area contributed by atoms with Crippen LogP contribution >= 0.6 is 11.6 Å². The number of oxime groups is 1. The molecule has 1 aromatic heterocycles. The minimum Gasteiger partial charge on any atom is -0.389 e. The predicted octanol–water partition coefficient (Wildman–Crippen LogP) is 5.59. The molecule has 0 amide bonds. The van der Waals surface area contributed by atoms with Crippen LogP contribution in [-0.2, 0) is 22.3 Å². The molecule has 196 valence electrons. The minimum absolute atomic E-state index is 0.0112. The van der Waals surface area contributed by atoms with Crippen molar-refractivity contribution in [3.8, 4) is 0 Å². The van der Waals surface area contributed by atoms with Gasteiger partial charge in [-0.05, 0) is 38.1 Å². The summed E-state index contributed by atoms with van der Waals surface area (Å²) in [6.07, 6.45) is -9.88. The number of nitrogens with zero attached hydrogens (tertiary/aromatic N) is 3. The van der Waals surface area contributed by atoms with E-state index < -0.39 is 51.8 Å². The van der Waals surface area contributed by atoms with Crippen LogP contribution in [0.3, 0.4) is 0 Å². The Kier molecular flexibility index (Phi) is 6.33. The van der Waals surface area contributed by atoms with Crippen LogP contribution in [0.25, 0.3) is 0 Å². The Morgan fingerprint density at radius 1 is 1.08 bits per heavy atom. The monoisotopic (exact) mass is 539 g/mol. The molecule has 0 bridgehead atoms. The van der Waals surface area contributed by atoms with Crippen LogP contribution in [0.5, 0.6) is 0 Å². The highest BCUT2D eigenvalue weighted by Crippen LogP contribution is 2.50. The van der Waals surface area contributed by atoms with Crippen molar-refractivity contribution >= 4 is 17.3 Å². The van der Waals surface area contributed by atoms with E-state index in [0.29, 0.717) is 6.07 Å². The fourth-order valence-corrected chi connectivity index (χ4v) is 4.59. The average molecular weight is 540 g/mol. The molecule has 0 spiro atoms. The van der Waals surface area contributed by atoms with Crippen LogP contribution in [0, 0.1) is 0 Å². The van der Waals surface area contributed by atoms with E-state index >= 15 is 4.39 Å². The van der Waals surface area contributed by atoms with E-state index in [2.05, 4.69) is 10.1 Å². The molecule has 5 nitrogen and oxygen atoms in total. The number of rotatable bonds is 5. The van der Waals surface area contributed by atoms with Gasteiger partial charge >= 0.3 is 12.4 Å². The second-order valence-corrected chi connectivity index (χ2v) is 10.1. The number of likely N-dealkylation sites (tertiary alicyclic amines) is 1. The van der Waals surface area contributed by atoms with Gasteiger partial charge in [0.15, 0.2) is 5.67 Å². The summed E-state index contributed by atoms with van der Waals surface area (Å²) in [5, 5.41) is 12.6. The van der Waals surface area contributed by atoms with E-state index in [0.717, 1.165) is 18.3 Å². The molecule has 2 aliphatic heterocycles. The molecule has 1 unspecified atom stereocenters. The Bertz CT molecular complexity index is 1170. The summed E-state index contributed by atoms with van der Waals surface area (Å²) < 4.78 is 97.4. The summed E-state index contributed by atoms with van der Waals surface area (Å²) in [5.74, 6) is 0. The number of halogens is 8. The predicted molar refractivity (Wildman–Crippen MR) is 116 cm³/mol. The van der Waals surface area contributed by atoms with Crippen molar-refractivity contribution < 1.29 is 40.7 Å². The molecule has 1 fully saturated rings. The zero-order chi connectivity index (χ0) is 26.7. The van der Waals surface area contributed by atoms with Gasteiger partial charge in [0.05, 0.1) is 34.0 Å². The lowest BCUT2D eigenvalue weighted by Crippen LogP contribution is -2.60. The maximum atomic E-state index is 15.1. The number of hydrogen-bond acceptors (Lipinski definition) is 5. The van der Waals surface area contributed by atoms with Crippen molar-refractivity contribution in [2.45, 2.75) is 49.5 Å². The number of alkyl halides is 7. The molecular weight excluding hydrogens is 519 g/mol. The van der Waals surface area contributed by atoms with Crippen molar-refractivity contribution in [2.75, 3.05) is 19.6 Å². The maximum Gasteiger partial charge on any atom is 0.435 e. The fourth-order valence-electron chi connectivity index (χ4n) is 4.37. The Morgan fingerprint density at radius 3 is 2.28 bits per heavy atom. The normalized spacial score (nSPS) is 22.7. The number of β-amino-alcohol motifs (C(OH)–C–C–N with tert-alkyl or cyclic N) is 1. The van der Waals surface area contributed by atoms with Gasteiger partial charge < -0.3 is 9.94 Å². The molecule has 0 radical (unpaired) electrons. The molecule has 3 heterocycles. The van der Waals surface area contributed by atoms with Gasteiger partial charge in [0.1, 0.15) is 0 Å². The van der Waals surface area contributed by atoms with Crippen molar-refractivity contribution in [2.24, 2.45) is 5.16 Å². The van der Waals surface area contributed by atoms with Crippen LogP contribution in [-0.4, -0.2) is 52.1 Å². The van der Waals surface area contributed by atoms with E-state index in [1.807, 2.05) is 0 Å². The van der Waals surface area contributed by atoms with Gasteiger partial charge in [-0.15, -0.1) is 0 Å². The fraction of sp³-hybridized carbons (Fsp3) is 0.478. The largest absolute Gasteiger partial charge is 0.435 e. The Balaban J connectivity index is 1.56. The molecule has 0 aliphatic carbocycles. The molecule has 2 aromatic rings. The number of benzene rings is 1. The number of aromatic nitrogens is 1. The van der Waals surface area contributed by atoms with E-state index in [1.165, 1.54) is 12.1 Å². The molecule has 13 heteroatoms. The van der Waals surface area contributed by atoms with Gasteiger partial charge in [0, 0.05) is 37.0 Å². The smallest absolute Gasteiger partial charge is 0.389 e. The highest BCUT2D eigenvalue weighted by molar-refractivity contribution is 6.31. The summed E-state index contributed by atoms with van der Waals surface area (Å²) in [6.45, 7) is 3.42. The molecule has 4 rings (SSSR count). The molecule has 1 atom stereocenters. The lowest BCUT2D eigenvalue weighted by Gasteiger charge is -2.46. The van der Waals surface area contributed by atoms with Crippen molar-refractivity contribution in [3.63, 3.8) is 0 Å². The number of aliphatic hydroxyl groups is 1. The summed E-state index contributed by atoms with van der Waals surface area (Å²) in [5.41, 5.74) is -8.24. The third kappa shape index (κ3) is 4.90. The van der Waals surface area contributed by atoms with Crippen LogP contribution in [0.2, 0.25) is 5.02 Å². The maximum absolute atomic E-state index is 15.1. The molecule has 36 heavy (non-hydrogen) atoms. The quantitative estimate of drug-likeness (QED) is 0.504. The van der Waals surface area contributed by atoms with E-state index in [9.17, 15) is 31.4 Å². The second-order valence-electron chi connectivity index (χ2n) is 9.68. The Hall–Kier alpha value is -2.44. The zero-order valence-corrected chi connectivity index (χ0v) is 19.8. The third-order valence-corrected chi connectivity index (χ3v) is 6.37. The summed E-state index contributed by atoms with van der Waals surface area (Å²) in [6, 6.07) is 4.49. The number of hydrogen-bond donors (Lipinski definition) is 1. The van der Waals surface area contributed by atoms with Gasteiger partial charge in [-0.1, -0.05) is 22.8 Å². The molecule has 1 saturated heterocycles. The van der Waals surface area contributed by atoms with Crippen LogP contribution in [0.4, 0.5) is 30.7 Å². The van der Waals surface area contributed by atoms with E-state index in [4.69, 9.17) is 16.4 Å². The Morgan fingerprint density at radius 2 is 1.75 bits per heavy atom. The zero-order valence-electron chi connectivity index (χ0n) is 19.0. The number of pyridine rings is 1. The van der Waals surface area contributed by atoms with Gasteiger partial charge in [-0.25, -0.2) is 4.39 Å². The van der Waals surface area contributed by atoms with Gasteiger partial charge in [-0.2, -0.15) is 26.3 Å². The summed E-state index contributed by atoms with van der Waals surface area (Å²) in [7, 11) is 0. The molecular formula is C23H21ClF7N3O2. The van der Waals surface area contributed by atoms with Crippen molar-refractivity contribution in [3.05, 3.63) is 63.9 Å². The van der Waals surface area contributed by atoms with Crippen LogP contribution in [0.15, 0.2) is 41.7 Å². The summed E-state index contributed by atoms with van der Waals surface area (Å²) in [4.78, 5) is 10.5. The standard InChI is InChI=1S/C23H21ClF7N3O2/c1-19(2,35)10-34-11-20(25,12-34)18-6-3-13(9-32-18)17-8-21(36-33-17,23(29,30)31)14-4-5-16(24)15(7-14)22(26,27)28/h3-7,9,35H,8,10-12H2,1-2H3. The first-order valence-corrected chi connectivity index (χ1v) is 11.1. The van der Waals surface area contributed by atoms with E-state index in [-0.39, 0.29) is 36.6 Å². The topological polar surface area (TPSA) is 58.0 Å². The summed E-state index contributed by atoms with van der Waals surface area (Å²) >= 11 is 5.56. The SMILES string of the molecule is CC(C)(O)CN1CC(F)(c2ccc(C3=NOC(c4ccc(Cl)c(C(F)(F)F)c4)(C(F)(F)F)C3)cn2)C1. The first-order valence-electron chi connectivity index (χ1n) is 10.7. The van der Waals surface area contributed by atoms with Gasteiger partial charge in [0.25, 0.3) is 5.60 Å². The van der Waals surface area contributed by atoms with Crippen molar-refractivity contribution in [1.82, 2.24) is 9.88 Å². The average Bonchev–Trinajstić information content (AvgIpc) is 3.18. The lowest BCUT2D eigenvalue weighted by atomic mass is 9.85. The highest BCUT2D eigenvalue weighted by atomic mass is 35.5. The van der Waals surface area contributed by atoms with Crippen molar-refractivity contribution in [1.29, 1.82) is 0 Å². The van der Waals surface area contributed by atoms with E-state index in [1.54, 1.807) is 18.7 Å². The van der Waals surface area contributed by atoms with Crippen LogP contribution < -0.4 is 0 Å².